The number of hydrogen-bond acceptors (Lipinski definition) is 6. The monoisotopic (exact) mass is 587 g/mol. The van der Waals surface area contributed by atoms with Gasteiger partial charge in [0.15, 0.2) is 0 Å². The zero-order valence-electron chi connectivity index (χ0n) is 23.7. The normalized spacial score (nSPS) is 16.8. The Morgan fingerprint density at radius 1 is 0.976 bits per heavy atom. The Kier molecular flexibility index (Phi) is 7.76. The van der Waals surface area contributed by atoms with E-state index in [1.165, 1.54) is 4.31 Å². The summed E-state index contributed by atoms with van der Waals surface area (Å²) in [5.74, 6) is 1.38. The molecule has 1 saturated heterocycles. The number of morpholine rings is 1. The average molecular weight is 588 g/mol. The third-order valence-corrected chi connectivity index (χ3v) is 9.62. The van der Waals surface area contributed by atoms with Gasteiger partial charge >= 0.3 is 0 Å². The van der Waals surface area contributed by atoms with Crippen molar-refractivity contribution in [1.29, 1.82) is 0 Å². The Balaban J connectivity index is 1.33. The van der Waals surface area contributed by atoms with Gasteiger partial charge in [-0.15, -0.1) is 0 Å². The van der Waals surface area contributed by atoms with Crippen molar-refractivity contribution in [2.75, 3.05) is 51.5 Å². The summed E-state index contributed by atoms with van der Waals surface area (Å²) in [7, 11) is -2.09. The van der Waals surface area contributed by atoms with Gasteiger partial charge in [-0.3, -0.25) is 4.79 Å². The molecule has 1 aromatic heterocycles. The van der Waals surface area contributed by atoms with Gasteiger partial charge in [-0.25, -0.2) is 8.42 Å². The number of hydrogen-bond donors (Lipinski definition) is 0. The Hall–Kier alpha value is -4.12. The highest BCUT2D eigenvalue weighted by Gasteiger charge is 2.34. The molecule has 0 aliphatic carbocycles. The first-order chi connectivity index (χ1) is 20.4. The van der Waals surface area contributed by atoms with Crippen LogP contribution in [-0.4, -0.2) is 69.8 Å². The number of fused-ring (bicyclic) bond motifs is 2. The minimum Gasteiger partial charge on any atom is -0.497 e. The molecule has 4 aromatic rings. The van der Waals surface area contributed by atoms with Crippen molar-refractivity contribution in [2.45, 2.75) is 18.4 Å². The van der Waals surface area contributed by atoms with Gasteiger partial charge in [0.2, 0.25) is 10.0 Å². The third kappa shape index (κ3) is 5.17. The standard InChI is InChI=1S/C32H33N3O6S/c1-3-35-31-13-12-26(42(37,38)34-15-17-40-18-16-34)21-28(31)29(32(35)36)20-23-22-33(30-7-5-4-6-27(23)30)14-19-41-25-10-8-24(39-2)9-11-25/h4-13,20-22H,3,14-19H2,1-2H3/b29-20-. The lowest BCUT2D eigenvalue weighted by atomic mass is 10.0. The number of carbonyl (C=O) groups is 1. The van der Waals surface area contributed by atoms with Crippen LogP contribution in [0.1, 0.15) is 18.1 Å². The van der Waals surface area contributed by atoms with E-state index >= 15 is 0 Å². The maximum atomic E-state index is 13.6. The summed E-state index contributed by atoms with van der Waals surface area (Å²) in [5, 5.41) is 0.996. The quantitative estimate of drug-likeness (QED) is 0.265. The van der Waals surface area contributed by atoms with E-state index < -0.39 is 10.0 Å². The van der Waals surface area contributed by atoms with Crippen LogP contribution in [0, 0.1) is 0 Å². The number of anilines is 1. The number of ether oxygens (including phenoxy) is 3. The predicted molar refractivity (Wildman–Crippen MR) is 162 cm³/mol. The van der Waals surface area contributed by atoms with E-state index in [0.717, 1.165) is 28.0 Å². The molecule has 10 heteroatoms. The molecule has 0 radical (unpaired) electrons. The van der Waals surface area contributed by atoms with Gasteiger partial charge in [0.25, 0.3) is 5.91 Å². The summed E-state index contributed by atoms with van der Waals surface area (Å²) >= 11 is 0. The molecule has 218 valence electrons. The first kappa shape index (κ1) is 28.0. The minimum atomic E-state index is -3.72. The van der Waals surface area contributed by atoms with E-state index in [4.69, 9.17) is 14.2 Å². The third-order valence-electron chi connectivity index (χ3n) is 7.73. The number of amides is 1. The van der Waals surface area contributed by atoms with Gasteiger partial charge < -0.3 is 23.7 Å². The van der Waals surface area contributed by atoms with E-state index in [9.17, 15) is 13.2 Å². The van der Waals surface area contributed by atoms with Gasteiger partial charge in [-0.1, -0.05) is 18.2 Å². The number of methoxy groups -OCH3 is 1. The lowest BCUT2D eigenvalue weighted by Gasteiger charge is -2.26. The molecular weight excluding hydrogens is 554 g/mol. The number of likely N-dealkylation sites (N-methyl/N-ethyl adjacent to an activating group) is 1. The van der Waals surface area contributed by atoms with Crippen LogP contribution in [0.4, 0.5) is 5.69 Å². The molecule has 42 heavy (non-hydrogen) atoms. The van der Waals surface area contributed by atoms with Gasteiger partial charge in [0.05, 0.1) is 37.5 Å². The number of carbonyl (C=O) groups excluding carboxylic acids is 1. The second kappa shape index (κ2) is 11.6. The van der Waals surface area contributed by atoms with Crippen molar-refractivity contribution >= 4 is 44.2 Å². The number of aromatic nitrogens is 1. The summed E-state index contributed by atoms with van der Waals surface area (Å²) in [6.07, 6.45) is 3.90. The molecule has 0 atom stereocenters. The number of sulfonamides is 1. The molecule has 6 rings (SSSR count). The van der Waals surface area contributed by atoms with E-state index in [1.54, 1.807) is 30.2 Å². The molecule has 9 nitrogen and oxygen atoms in total. The SMILES string of the molecule is CCN1C(=O)/C(=C\c2cn(CCOc3ccc(OC)cc3)c3ccccc23)c2cc(S(=O)(=O)N3CCOCC3)ccc21. The van der Waals surface area contributed by atoms with Crippen molar-refractivity contribution < 1.29 is 27.4 Å². The predicted octanol–water partition coefficient (Wildman–Crippen LogP) is 4.66. The Labute approximate surface area is 245 Å². The molecule has 3 heterocycles. The molecule has 0 unspecified atom stereocenters. The van der Waals surface area contributed by atoms with Crippen LogP contribution in [-0.2, 0) is 26.1 Å². The Morgan fingerprint density at radius 2 is 1.71 bits per heavy atom. The fourth-order valence-corrected chi connectivity index (χ4v) is 6.99. The molecule has 1 fully saturated rings. The number of para-hydroxylation sites is 1. The fraction of sp³-hybridized carbons (Fsp3) is 0.281. The second-order valence-electron chi connectivity index (χ2n) is 10.1. The average Bonchev–Trinajstić information content (AvgIpc) is 3.51. The molecule has 0 spiro atoms. The Morgan fingerprint density at radius 3 is 2.45 bits per heavy atom. The smallest absolute Gasteiger partial charge is 0.258 e. The molecule has 1 amide bonds. The van der Waals surface area contributed by atoms with Crippen LogP contribution in [0.2, 0.25) is 0 Å². The van der Waals surface area contributed by atoms with Gasteiger partial charge in [0, 0.05) is 53.4 Å². The van der Waals surface area contributed by atoms with Crippen LogP contribution in [0.5, 0.6) is 11.5 Å². The molecule has 0 saturated carbocycles. The van der Waals surface area contributed by atoms with Gasteiger partial charge in [0.1, 0.15) is 18.1 Å². The number of benzene rings is 3. The van der Waals surface area contributed by atoms with E-state index in [1.807, 2.05) is 67.7 Å². The zero-order chi connectivity index (χ0) is 29.3. The molecule has 3 aromatic carbocycles. The van der Waals surface area contributed by atoms with Crippen LogP contribution < -0.4 is 14.4 Å². The highest BCUT2D eigenvalue weighted by Crippen LogP contribution is 2.40. The minimum absolute atomic E-state index is 0.145. The largest absolute Gasteiger partial charge is 0.497 e. The summed E-state index contributed by atoms with van der Waals surface area (Å²) in [4.78, 5) is 15.5. The summed E-state index contributed by atoms with van der Waals surface area (Å²) in [6, 6.07) is 20.5. The van der Waals surface area contributed by atoms with Crippen molar-refractivity contribution in [2.24, 2.45) is 0 Å². The highest BCUT2D eigenvalue weighted by molar-refractivity contribution is 7.89. The number of nitrogens with zero attached hydrogens (tertiary/aromatic N) is 3. The van der Waals surface area contributed by atoms with Crippen molar-refractivity contribution in [1.82, 2.24) is 8.87 Å². The Bertz CT molecular complexity index is 1750. The highest BCUT2D eigenvalue weighted by atomic mass is 32.2. The van der Waals surface area contributed by atoms with Crippen molar-refractivity contribution in [3.8, 4) is 11.5 Å². The van der Waals surface area contributed by atoms with Gasteiger partial charge in [-0.2, -0.15) is 4.31 Å². The van der Waals surface area contributed by atoms with E-state index in [0.29, 0.717) is 62.8 Å². The number of rotatable bonds is 9. The fourth-order valence-electron chi connectivity index (χ4n) is 5.55. The molecule has 2 aliphatic heterocycles. The van der Waals surface area contributed by atoms with Crippen molar-refractivity contribution in [3.05, 3.63) is 84.1 Å². The lowest BCUT2D eigenvalue weighted by molar-refractivity contribution is -0.112. The van der Waals surface area contributed by atoms with Gasteiger partial charge in [-0.05, 0) is 61.5 Å². The topological polar surface area (TPSA) is 90.3 Å². The molecule has 0 N–H and O–H groups in total. The second-order valence-corrected chi connectivity index (χ2v) is 12.1. The maximum Gasteiger partial charge on any atom is 0.258 e. The summed E-state index contributed by atoms with van der Waals surface area (Å²) in [6.45, 7) is 4.80. The van der Waals surface area contributed by atoms with E-state index in [2.05, 4.69) is 4.57 Å². The first-order valence-corrected chi connectivity index (χ1v) is 15.5. The van der Waals surface area contributed by atoms with Crippen LogP contribution in [0.15, 0.2) is 77.8 Å². The molecular formula is C32H33N3O6S. The lowest BCUT2D eigenvalue weighted by Crippen LogP contribution is -2.40. The van der Waals surface area contributed by atoms with Crippen LogP contribution in [0.3, 0.4) is 0 Å². The zero-order valence-corrected chi connectivity index (χ0v) is 24.5. The molecule has 0 bridgehead atoms. The van der Waals surface area contributed by atoms with Crippen LogP contribution in [0.25, 0.3) is 22.6 Å². The first-order valence-electron chi connectivity index (χ1n) is 14.0. The van der Waals surface area contributed by atoms with Crippen LogP contribution >= 0.6 is 0 Å². The summed E-state index contributed by atoms with van der Waals surface area (Å²) < 4.78 is 46.9. The molecule has 2 aliphatic rings. The van der Waals surface area contributed by atoms with E-state index in [-0.39, 0.29) is 10.8 Å². The van der Waals surface area contributed by atoms with Crippen molar-refractivity contribution in [3.63, 3.8) is 0 Å². The summed E-state index contributed by atoms with van der Waals surface area (Å²) in [5.41, 5.74) is 3.71. The maximum absolute atomic E-state index is 13.6.